The molecule has 1 saturated carbocycles. The molecule has 0 aromatic rings. The predicted octanol–water partition coefficient (Wildman–Crippen LogP) is 3.26. The average molecular weight is 255 g/mol. The number of carbonyl (C=O) groups is 1. The van der Waals surface area contributed by atoms with Gasteiger partial charge in [-0.25, -0.2) is 0 Å². The summed E-state index contributed by atoms with van der Waals surface area (Å²) in [4.78, 5) is 11.8. The molecule has 3 unspecified atom stereocenters. The van der Waals surface area contributed by atoms with E-state index in [1.54, 1.807) is 0 Å². The lowest BCUT2D eigenvalue weighted by molar-refractivity contribution is -0.154. The van der Waals surface area contributed by atoms with E-state index in [4.69, 9.17) is 10.5 Å². The molecule has 0 bridgehead atoms. The summed E-state index contributed by atoms with van der Waals surface area (Å²) in [5, 5.41) is 0. The summed E-state index contributed by atoms with van der Waals surface area (Å²) >= 11 is 0. The first-order chi connectivity index (χ1) is 8.67. The van der Waals surface area contributed by atoms with Gasteiger partial charge in [-0.15, -0.1) is 0 Å². The summed E-state index contributed by atoms with van der Waals surface area (Å²) in [6.07, 6.45) is 8.53. The van der Waals surface area contributed by atoms with E-state index >= 15 is 0 Å². The van der Waals surface area contributed by atoms with Gasteiger partial charge < -0.3 is 10.5 Å². The molecule has 3 nitrogen and oxygen atoms in total. The van der Waals surface area contributed by atoms with Crippen molar-refractivity contribution in [2.45, 2.75) is 71.3 Å². The summed E-state index contributed by atoms with van der Waals surface area (Å²) < 4.78 is 5.65. The van der Waals surface area contributed by atoms with Crippen LogP contribution in [0, 0.1) is 11.8 Å². The number of hydrogen-bond acceptors (Lipinski definition) is 3. The molecule has 0 amide bonds. The summed E-state index contributed by atoms with van der Waals surface area (Å²) in [6.45, 7) is 5.05. The van der Waals surface area contributed by atoms with E-state index in [1.165, 1.54) is 19.3 Å². The van der Waals surface area contributed by atoms with Crippen LogP contribution in [0.3, 0.4) is 0 Å². The van der Waals surface area contributed by atoms with Crippen molar-refractivity contribution in [3.63, 3.8) is 0 Å². The van der Waals surface area contributed by atoms with Crippen LogP contribution in [-0.4, -0.2) is 18.6 Å². The standard InChI is InChI=1S/C15H29NO2/c1-3-13-6-4-5-7-14(13)18-15(17)9-8-12(2)10-11-16/h12-14H,3-11,16H2,1-2H3. The van der Waals surface area contributed by atoms with Crippen molar-refractivity contribution < 1.29 is 9.53 Å². The fraction of sp³-hybridized carbons (Fsp3) is 0.933. The second-order valence-electron chi connectivity index (χ2n) is 5.70. The quantitative estimate of drug-likeness (QED) is 0.710. The van der Waals surface area contributed by atoms with Gasteiger partial charge in [-0.1, -0.05) is 20.3 Å². The van der Waals surface area contributed by atoms with Crippen LogP contribution in [0.25, 0.3) is 0 Å². The summed E-state index contributed by atoms with van der Waals surface area (Å²) in [6, 6.07) is 0. The Morgan fingerprint density at radius 2 is 2.06 bits per heavy atom. The first kappa shape index (κ1) is 15.5. The van der Waals surface area contributed by atoms with Crippen molar-refractivity contribution >= 4 is 5.97 Å². The fourth-order valence-corrected chi connectivity index (χ4v) is 2.82. The summed E-state index contributed by atoms with van der Waals surface area (Å²) in [5.41, 5.74) is 5.51. The maximum atomic E-state index is 11.8. The molecule has 1 aliphatic carbocycles. The largest absolute Gasteiger partial charge is 0.462 e. The van der Waals surface area contributed by atoms with Gasteiger partial charge in [-0.3, -0.25) is 4.79 Å². The Hall–Kier alpha value is -0.570. The number of nitrogens with two attached hydrogens (primary N) is 1. The molecule has 1 aliphatic rings. The molecule has 0 radical (unpaired) electrons. The first-order valence-corrected chi connectivity index (χ1v) is 7.56. The smallest absolute Gasteiger partial charge is 0.306 e. The van der Waals surface area contributed by atoms with Crippen LogP contribution in [0.2, 0.25) is 0 Å². The molecule has 0 heterocycles. The summed E-state index contributed by atoms with van der Waals surface area (Å²) in [5.74, 6) is 1.10. The Bertz CT molecular complexity index is 243. The van der Waals surface area contributed by atoms with Crippen molar-refractivity contribution in [3.8, 4) is 0 Å². The molecule has 0 saturated heterocycles. The highest BCUT2D eigenvalue weighted by Crippen LogP contribution is 2.29. The molecular weight excluding hydrogens is 226 g/mol. The topological polar surface area (TPSA) is 52.3 Å². The predicted molar refractivity (Wildman–Crippen MR) is 74.2 cm³/mol. The van der Waals surface area contributed by atoms with Gasteiger partial charge in [-0.2, -0.15) is 0 Å². The molecule has 3 atom stereocenters. The lowest BCUT2D eigenvalue weighted by Crippen LogP contribution is -2.29. The Morgan fingerprint density at radius 1 is 1.33 bits per heavy atom. The summed E-state index contributed by atoms with van der Waals surface area (Å²) in [7, 11) is 0. The highest BCUT2D eigenvalue weighted by atomic mass is 16.5. The lowest BCUT2D eigenvalue weighted by atomic mass is 9.85. The Labute approximate surface area is 111 Å². The number of esters is 1. The van der Waals surface area contributed by atoms with E-state index in [9.17, 15) is 4.79 Å². The highest BCUT2D eigenvalue weighted by Gasteiger charge is 2.26. The zero-order valence-electron chi connectivity index (χ0n) is 12.0. The second-order valence-corrected chi connectivity index (χ2v) is 5.70. The number of rotatable bonds is 7. The molecular formula is C15H29NO2. The molecule has 0 spiro atoms. The molecule has 0 aromatic heterocycles. The van der Waals surface area contributed by atoms with Crippen LogP contribution >= 0.6 is 0 Å². The fourth-order valence-electron chi connectivity index (χ4n) is 2.82. The van der Waals surface area contributed by atoms with Gasteiger partial charge in [-0.05, 0) is 56.9 Å². The SMILES string of the molecule is CCC1CCCCC1OC(=O)CCC(C)CCN. The number of hydrogen-bond donors (Lipinski definition) is 1. The van der Waals surface area contributed by atoms with Crippen molar-refractivity contribution in [2.75, 3.05) is 6.54 Å². The van der Waals surface area contributed by atoms with Crippen LogP contribution in [0.15, 0.2) is 0 Å². The molecule has 0 aromatic carbocycles. The average Bonchev–Trinajstić information content (AvgIpc) is 2.37. The van der Waals surface area contributed by atoms with Gasteiger partial charge in [0, 0.05) is 6.42 Å². The van der Waals surface area contributed by atoms with Crippen LogP contribution in [0.5, 0.6) is 0 Å². The maximum Gasteiger partial charge on any atom is 0.306 e. The Balaban J connectivity index is 2.25. The van der Waals surface area contributed by atoms with Gasteiger partial charge >= 0.3 is 5.97 Å². The Kier molecular flexibility index (Phi) is 7.33. The van der Waals surface area contributed by atoms with Crippen LogP contribution < -0.4 is 5.73 Å². The normalized spacial score (nSPS) is 25.7. The molecule has 106 valence electrons. The third-order valence-corrected chi connectivity index (χ3v) is 4.15. The zero-order chi connectivity index (χ0) is 13.4. The third kappa shape index (κ3) is 5.38. The van der Waals surface area contributed by atoms with Gasteiger partial charge in [0.15, 0.2) is 0 Å². The number of ether oxygens (including phenoxy) is 1. The third-order valence-electron chi connectivity index (χ3n) is 4.15. The molecule has 1 fully saturated rings. The van der Waals surface area contributed by atoms with Gasteiger partial charge in [0.1, 0.15) is 6.10 Å². The monoisotopic (exact) mass is 255 g/mol. The van der Waals surface area contributed by atoms with E-state index in [2.05, 4.69) is 13.8 Å². The first-order valence-electron chi connectivity index (χ1n) is 7.56. The minimum absolute atomic E-state index is 0.00998. The van der Waals surface area contributed by atoms with Gasteiger partial charge in [0.25, 0.3) is 0 Å². The molecule has 18 heavy (non-hydrogen) atoms. The highest BCUT2D eigenvalue weighted by molar-refractivity contribution is 5.69. The van der Waals surface area contributed by atoms with Gasteiger partial charge in [0.05, 0.1) is 0 Å². The van der Waals surface area contributed by atoms with Crippen LogP contribution in [0.1, 0.15) is 65.2 Å². The molecule has 3 heteroatoms. The molecule has 1 rings (SSSR count). The van der Waals surface area contributed by atoms with E-state index in [0.717, 1.165) is 25.7 Å². The zero-order valence-corrected chi connectivity index (χ0v) is 12.0. The Morgan fingerprint density at radius 3 is 2.72 bits per heavy atom. The number of carbonyl (C=O) groups excluding carboxylic acids is 1. The van der Waals surface area contributed by atoms with Gasteiger partial charge in [0.2, 0.25) is 0 Å². The van der Waals surface area contributed by atoms with Crippen molar-refractivity contribution in [2.24, 2.45) is 17.6 Å². The van der Waals surface area contributed by atoms with E-state index in [-0.39, 0.29) is 12.1 Å². The molecule has 2 N–H and O–H groups in total. The van der Waals surface area contributed by atoms with Crippen molar-refractivity contribution in [1.29, 1.82) is 0 Å². The van der Waals surface area contributed by atoms with E-state index < -0.39 is 0 Å². The van der Waals surface area contributed by atoms with Crippen LogP contribution in [0.4, 0.5) is 0 Å². The minimum Gasteiger partial charge on any atom is -0.462 e. The maximum absolute atomic E-state index is 11.8. The minimum atomic E-state index is -0.00998. The van der Waals surface area contributed by atoms with E-state index in [1.807, 2.05) is 0 Å². The van der Waals surface area contributed by atoms with Crippen molar-refractivity contribution in [1.82, 2.24) is 0 Å². The van der Waals surface area contributed by atoms with E-state index in [0.29, 0.717) is 24.8 Å². The molecule has 0 aliphatic heterocycles. The lowest BCUT2D eigenvalue weighted by Gasteiger charge is -2.30. The second kappa shape index (κ2) is 8.52. The van der Waals surface area contributed by atoms with Crippen LogP contribution in [-0.2, 0) is 9.53 Å². The van der Waals surface area contributed by atoms with Crippen molar-refractivity contribution in [3.05, 3.63) is 0 Å².